The Hall–Kier alpha value is -2.30. The molecule has 3 N–H and O–H groups in total. The maximum Gasteiger partial charge on any atom is 0.275 e. The number of aromatic hydroxyl groups is 2. The zero-order valence-electron chi connectivity index (χ0n) is 10.2. The van der Waals surface area contributed by atoms with E-state index in [4.69, 9.17) is 0 Å². The van der Waals surface area contributed by atoms with E-state index < -0.39 is 5.91 Å². The maximum absolute atomic E-state index is 11.8. The second-order valence-corrected chi connectivity index (χ2v) is 4.88. The van der Waals surface area contributed by atoms with Crippen molar-refractivity contribution in [1.29, 1.82) is 0 Å². The highest BCUT2D eigenvalue weighted by Gasteiger charge is 2.38. The van der Waals surface area contributed by atoms with E-state index in [-0.39, 0.29) is 17.1 Å². The molecule has 0 radical (unpaired) electrons. The summed E-state index contributed by atoms with van der Waals surface area (Å²) >= 11 is 0. The summed E-state index contributed by atoms with van der Waals surface area (Å²) in [7, 11) is 0. The zero-order chi connectivity index (χ0) is 13.4. The van der Waals surface area contributed by atoms with Gasteiger partial charge in [0.25, 0.3) is 5.91 Å². The molecule has 2 aliphatic carbocycles. The number of phenols is 2. The van der Waals surface area contributed by atoms with E-state index in [9.17, 15) is 15.0 Å². The molecule has 0 aromatic heterocycles. The van der Waals surface area contributed by atoms with Crippen LogP contribution in [-0.4, -0.2) is 21.8 Å². The van der Waals surface area contributed by atoms with Crippen molar-refractivity contribution in [3.8, 4) is 11.5 Å². The maximum atomic E-state index is 11.8. The minimum absolute atomic E-state index is 0.0183. The van der Waals surface area contributed by atoms with Gasteiger partial charge in [0.05, 0.1) is 5.56 Å². The van der Waals surface area contributed by atoms with Crippen LogP contribution in [0.25, 0.3) is 0 Å². The lowest BCUT2D eigenvalue weighted by molar-refractivity contribution is 0.0951. The molecule has 1 saturated carbocycles. The number of carbonyl (C=O) groups excluding carboxylic acids is 1. The van der Waals surface area contributed by atoms with Crippen molar-refractivity contribution in [2.24, 2.45) is 16.9 Å². The second kappa shape index (κ2) is 4.42. The molecule has 0 bridgehead atoms. The van der Waals surface area contributed by atoms with Gasteiger partial charge in [-0.3, -0.25) is 4.79 Å². The lowest BCUT2D eigenvalue weighted by atomic mass is 9.74. The van der Waals surface area contributed by atoms with Gasteiger partial charge in [-0.1, -0.05) is 12.2 Å². The van der Waals surface area contributed by atoms with Crippen molar-refractivity contribution in [2.75, 3.05) is 0 Å². The Labute approximate surface area is 110 Å². The molecular formula is C14H14N2O3. The standard InChI is InChI=1S/C14H14N2O3/c17-9-4-5-13(18)11(7-9)14(19)16-15-12-6-8-2-1-3-10(8)12/h1-2,4-5,7-8,10,17-18H,3,6H2,(H,16,19)/b15-12+. The van der Waals surface area contributed by atoms with E-state index in [1.165, 1.54) is 18.2 Å². The highest BCUT2D eigenvalue weighted by atomic mass is 16.3. The molecule has 0 saturated heterocycles. The van der Waals surface area contributed by atoms with Crippen LogP contribution in [0.4, 0.5) is 0 Å². The molecule has 2 unspecified atom stereocenters. The first kappa shape index (κ1) is 11.8. The molecule has 0 aliphatic heterocycles. The van der Waals surface area contributed by atoms with Gasteiger partial charge in [0, 0.05) is 11.6 Å². The highest BCUT2D eigenvalue weighted by Crippen LogP contribution is 2.40. The van der Waals surface area contributed by atoms with Crippen LogP contribution >= 0.6 is 0 Å². The highest BCUT2D eigenvalue weighted by molar-refractivity contribution is 5.99. The number of rotatable bonds is 2. The third-order valence-electron chi connectivity index (χ3n) is 3.69. The van der Waals surface area contributed by atoms with E-state index in [2.05, 4.69) is 22.7 Å². The normalized spacial score (nSPS) is 26.0. The van der Waals surface area contributed by atoms with Crippen LogP contribution in [0.3, 0.4) is 0 Å². The van der Waals surface area contributed by atoms with Crippen LogP contribution in [0.1, 0.15) is 23.2 Å². The van der Waals surface area contributed by atoms with Gasteiger partial charge in [0.15, 0.2) is 0 Å². The van der Waals surface area contributed by atoms with Crippen LogP contribution in [-0.2, 0) is 0 Å². The molecular weight excluding hydrogens is 244 g/mol. The van der Waals surface area contributed by atoms with Crippen LogP contribution in [0.5, 0.6) is 11.5 Å². The zero-order valence-corrected chi connectivity index (χ0v) is 10.2. The van der Waals surface area contributed by atoms with Crippen LogP contribution in [0.15, 0.2) is 35.5 Å². The fraction of sp³-hybridized carbons (Fsp3) is 0.286. The Balaban J connectivity index is 1.69. The summed E-state index contributed by atoms with van der Waals surface area (Å²) in [6.07, 6.45) is 6.19. The van der Waals surface area contributed by atoms with E-state index >= 15 is 0 Å². The topological polar surface area (TPSA) is 81.9 Å². The summed E-state index contributed by atoms with van der Waals surface area (Å²) in [5.41, 5.74) is 3.44. The first-order valence-corrected chi connectivity index (χ1v) is 6.20. The molecule has 1 aromatic carbocycles. The number of amides is 1. The minimum Gasteiger partial charge on any atom is -0.508 e. The van der Waals surface area contributed by atoms with Gasteiger partial charge in [-0.05, 0) is 37.0 Å². The largest absolute Gasteiger partial charge is 0.508 e. The van der Waals surface area contributed by atoms with Gasteiger partial charge < -0.3 is 10.2 Å². The Morgan fingerprint density at radius 2 is 2.21 bits per heavy atom. The summed E-state index contributed by atoms with van der Waals surface area (Å²) in [6, 6.07) is 3.81. The van der Waals surface area contributed by atoms with Crippen molar-refractivity contribution in [3.05, 3.63) is 35.9 Å². The number of hydrazone groups is 1. The fourth-order valence-electron chi connectivity index (χ4n) is 2.55. The number of hydrogen-bond acceptors (Lipinski definition) is 4. The van der Waals surface area contributed by atoms with Gasteiger partial charge in [-0.15, -0.1) is 0 Å². The van der Waals surface area contributed by atoms with E-state index in [1.54, 1.807) is 0 Å². The first-order valence-electron chi connectivity index (χ1n) is 6.20. The second-order valence-electron chi connectivity index (χ2n) is 4.88. The Kier molecular flexibility index (Phi) is 2.74. The lowest BCUT2D eigenvalue weighted by Crippen LogP contribution is -2.35. The average Bonchev–Trinajstić information content (AvgIpc) is 2.74. The molecule has 5 nitrogen and oxygen atoms in total. The van der Waals surface area contributed by atoms with Gasteiger partial charge in [-0.25, -0.2) is 5.43 Å². The van der Waals surface area contributed by atoms with Crippen molar-refractivity contribution < 1.29 is 15.0 Å². The molecule has 1 amide bonds. The van der Waals surface area contributed by atoms with Crippen LogP contribution in [0, 0.1) is 11.8 Å². The summed E-state index contributed by atoms with van der Waals surface area (Å²) < 4.78 is 0. The van der Waals surface area contributed by atoms with Gasteiger partial charge in [0.2, 0.25) is 0 Å². The lowest BCUT2D eigenvalue weighted by Gasteiger charge is -2.31. The average molecular weight is 258 g/mol. The number of benzene rings is 1. The van der Waals surface area contributed by atoms with E-state index in [0.717, 1.165) is 18.6 Å². The molecule has 2 aliphatic rings. The number of nitrogens with one attached hydrogen (secondary N) is 1. The summed E-state index contributed by atoms with van der Waals surface area (Å²) in [4.78, 5) is 11.8. The molecule has 5 heteroatoms. The van der Waals surface area contributed by atoms with E-state index in [1.807, 2.05) is 0 Å². The van der Waals surface area contributed by atoms with Crippen molar-refractivity contribution in [1.82, 2.24) is 5.43 Å². The molecule has 3 rings (SSSR count). The van der Waals surface area contributed by atoms with Gasteiger partial charge in [0.1, 0.15) is 11.5 Å². The van der Waals surface area contributed by atoms with Crippen LogP contribution < -0.4 is 5.43 Å². The number of nitrogens with zero attached hydrogens (tertiary/aromatic N) is 1. The fourth-order valence-corrected chi connectivity index (χ4v) is 2.55. The summed E-state index contributed by atoms with van der Waals surface area (Å²) in [5.74, 6) is 0.238. The van der Waals surface area contributed by atoms with Crippen molar-refractivity contribution in [2.45, 2.75) is 12.8 Å². The number of fused-ring (bicyclic) bond motifs is 1. The van der Waals surface area contributed by atoms with E-state index in [0.29, 0.717) is 11.8 Å². The first-order chi connectivity index (χ1) is 9.15. The molecule has 19 heavy (non-hydrogen) atoms. The molecule has 0 heterocycles. The Morgan fingerprint density at radius 1 is 1.37 bits per heavy atom. The quantitative estimate of drug-likeness (QED) is 0.429. The number of hydrogen-bond donors (Lipinski definition) is 3. The molecule has 98 valence electrons. The molecule has 2 atom stereocenters. The Bertz CT molecular complexity index is 592. The SMILES string of the molecule is O=C(N/N=C1\CC2C=CCC12)c1cc(O)ccc1O. The smallest absolute Gasteiger partial charge is 0.275 e. The molecule has 1 aromatic rings. The monoisotopic (exact) mass is 258 g/mol. The third kappa shape index (κ3) is 2.07. The molecule has 0 spiro atoms. The van der Waals surface area contributed by atoms with Crippen molar-refractivity contribution in [3.63, 3.8) is 0 Å². The summed E-state index contributed by atoms with van der Waals surface area (Å²) in [5, 5.41) is 23.0. The Morgan fingerprint density at radius 3 is 3.00 bits per heavy atom. The predicted molar refractivity (Wildman–Crippen MR) is 70.0 cm³/mol. The van der Waals surface area contributed by atoms with Crippen molar-refractivity contribution >= 4 is 11.6 Å². The van der Waals surface area contributed by atoms with Gasteiger partial charge >= 0.3 is 0 Å². The minimum atomic E-state index is -0.518. The van der Waals surface area contributed by atoms with Gasteiger partial charge in [-0.2, -0.15) is 5.10 Å². The van der Waals surface area contributed by atoms with Crippen LogP contribution in [0.2, 0.25) is 0 Å². The number of phenolic OH excluding ortho intramolecular Hbond substituents is 2. The number of allylic oxidation sites excluding steroid dienone is 2. The summed E-state index contributed by atoms with van der Waals surface area (Å²) in [6.45, 7) is 0. The third-order valence-corrected chi connectivity index (χ3v) is 3.69. The number of carbonyl (C=O) groups is 1. The predicted octanol–water partition coefficient (Wildman–Crippen LogP) is 1.78. The molecule has 1 fully saturated rings.